The highest BCUT2D eigenvalue weighted by Crippen LogP contribution is 2.52. The second kappa shape index (κ2) is 4.91. The largest absolute Gasteiger partial charge is 0.493 e. The first-order valence-electron chi connectivity index (χ1n) is 6.74. The van der Waals surface area contributed by atoms with Gasteiger partial charge in [0, 0.05) is 12.0 Å². The molecule has 5 nitrogen and oxygen atoms in total. The van der Waals surface area contributed by atoms with E-state index in [0.29, 0.717) is 11.5 Å². The van der Waals surface area contributed by atoms with E-state index < -0.39 is 11.5 Å². The zero-order valence-electron chi connectivity index (χ0n) is 11.9. The lowest BCUT2D eigenvalue weighted by molar-refractivity contribution is -0.142. The molecule has 0 amide bonds. The van der Waals surface area contributed by atoms with Crippen LogP contribution in [0.1, 0.15) is 18.4 Å². The molecule has 0 N–H and O–H groups in total. The number of hydrogen-bond acceptors (Lipinski definition) is 5. The maximum absolute atomic E-state index is 11.8. The fourth-order valence-electron chi connectivity index (χ4n) is 3.08. The highest BCUT2D eigenvalue weighted by molar-refractivity contribution is 5.93. The van der Waals surface area contributed by atoms with Crippen LogP contribution in [0.3, 0.4) is 0 Å². The van der Waals surface area contributed by atoms with Gasteiger partial charge in [-0.25, -0.2) is 0 Å². The van der Waals surface area contributed by atoms with Crippen LogP contribution in [0.15, 0.2) is 30.4 Å². The van der Waals surface area contributed by atoms with Crippen molar-refractivity contribution in [3.8, 4) is 11.5 Å². The van der Waals surface area contributed by atoms with Crippen molar-refractivity contribution in [1.82, 2.24) is 0 Å². The molecule has 3 rings (SSSR count). The number of ketones is 1. The van der Waals surface area contributed by atoms with Gasteiger partial charge in [0.1, 0.15) is 6.10 Å². The minimum atomic E-state index is -0.662. The Kier molecular flexibility index (Phi) is 3.20. The molecular formula is C16H16O5. The molecule has 1 aliphatic heterocycles. The smallest absolute Gasteiger partial charge is 0.306 e. The van der Waals surface area contributed by atoms with Crippen LogP contribution in [-0.4, -0.2) is 32.1 Å². The second-order valence-corrected chi connectivity index (χ2v) is 5.24. The first-order chi connectivity index (χ1) is 10.1. The fraction of sp³-hybridized carbons (Fsp3) is 0.375. The summed E-state index contributed by atoms with van der Waals surface area (Å²) in [7, 11) is 2.92. The van der Waals surface area contributed by atoms with E-state index in [4.69, 9.17) is 14.2 Å². The van der Waals surface area contributed by atoms with E-state index >= 15 is 0 Å². The average molecular weight is 288 g/mol. The molecule has 0 bridgehead atoms. The van der Waals surface area contributed by atoms with Gasteiger partial charge in [0.25, 0.3) is 0 Å². The maximum Gasteiger partial charge on any atom is 0.306 e. The molecule has 1 heterocycles. The predicted octanol–water partition coefficient (Wildman–Crippen LogP) is 1.79. The van der Waals surface area contributed by atoms with Gasteiger partial charge in [-0.2, -0.15) is 0 Å². The lowest BCUT2D eigenvalue weighted by Gasteiger charge is -2.32. The van der Waals surface area contributed by atoms with Crippen molar-refractivity contribution >= 4 is 11.8 Å². The lowest BCUT2D eigenvalue weighted by atomic mass is 9.70. The highest BCUT2D eigenvalue weighted by Gasteiger charge is 2.52. The Balaban J connectivity index is 2.14. The Bertz CT molecular complexity index is 634. The van der Waals surface area contributed by atoms with Gasteiger partial charge in [0.05, 0.1) is 26.1 Å². The number of fused-ring (bicyclic) bond motifs is 3. The minimum Gasteiger partial charge on any atom is -0.493 e. The van der Waals surface area contributed by atoms with Crippen molar-refractivity contribution in [3.05, 3.63) is 35.9 Å². The normalized spacial score (nSPS) is 25.8. The summed E-state index contributed by atoms with van der Waals surface area (Å²) in [5, 5.41) is 0. The van der Waals surface area contributed by atoms with Crippen molar-refractivity contribution in [1.29, 1.82) is 0 Å². The van der Waals surface area contributed by atoms with E-state index in [-0.39, 0.29) is 24.6 Å². The Morgan fingerprint density at radius 3 is 2.95 bits per heavy atom. The van der Waals surface area contributed by atoms with Crippen LogP contribution in [0.2, 0.25) is 0 Å². The van der Waals surface area contributed by atoms with Gasteiger partial charge in [0.2, 0.25) is 0 Å². The van der Waals surface area contributed by atoms with Gasteiger partial charge in [-0.3, -0.25) is 9.59 Å². The first-order valence-corrected chi connectivity index (χ1v) is 6.74. The van der Waals surface area contributed by atoms with Crippen LogP contribution in [0.5, 0.6) is 11.5 Å². The van der Waals surface area contributed by atoms with E-state index in [1.807, 2.05) is 12.1 Å². The van der Waals surface area contributed by atoms with Crippen LogP contribution in [0.4, 0.5) is 0 Å². The van der Waals surface area contributed by atoms with Gasteiger partial charge in [-0.1, -0.05) is 18.2 Å². The monoisotopic (exact) mass is 288 g/mol. The van der Waals surface area contributed by atoms with Gasteiger partial charge in [0.15, 0.2) is 17.3 Å². The molecule has 2 aliphatic rings. The maximum atomic E-state index is 11.8. The zero-order chi connectivity index (χ0) is 15.0. The summed E-state index contributed by atoms with van der Waals surface area (Å²) in [4.78, 5) is 23.5. The van der Waals surface area contributed by atoms with Crippen molar-refractivity contribution in [2.24, 2.45) is 0 Å². The van der Waals surface area contributed by atoms with Crippen molar-refractivity contribution in [2.45, 2.75) is 24.4 Å². The lowest BCUT2D eigenvalue weighted by Crippen LogP contribution is -2.42. The number of esters is 1. The summed E-state index contributed by atoms with van der Waals surface area (Å²) in [5.41, 5.74) is 0.200. The number of carbonyl (C=O) groups is 2. The fourth-order valence-corrected chi connectivity index (χ4v) is 3.08. The van der Waals surface area contributed by atoms with E-state index in [0.717, 1.165) is 5.56 Å². The highest BCUT2D eigenvalue weighted by atomic mass is 16.5. The van der Waals surface area contributed by atoms with E-state index in [2.05, 4.69) is 0 Å². The molecule has 1 aromatic carbocycles. The number of carbonyl (C=O) groups excluding carboxylic acids is 2. The summed E-state index contributed by atoms with van der Waals surface area (Å²) in [6.07, 6.45) is 3.27. The molecule has 0 fully saturated rings. The molecule has 0 radical (unpaired) electrons. The molecule has 0 saturated carbocycles. The van der Waals surface area contributed by atoms with Gasteiger partial charge in [-0.15, -0.1) is 0 Å². The first kappa shape index (κ1) is 13.7. The van der Waals surface area contributed by atoms with E-state index in [1.165, 1.54) is 13.2 Å². The molecule has 1 aliphatic carbocycles. The Hall–Kier alpha value is -2.30. The summed E-state index contributed by atoms with van der Waals surface area (Å²) < 4.78 is 16.1. The predicted molar refractivity (Wildman–Crippen MR) is 74.5 cm³/mol. The number of benzene rings is 1. The Morgan fingerprint density at radius 2 is 2.24 bits per heavy atom. The Labute approximate surface area is 122 Å². The minimum absolute atomic E-state index is 0.00716. The topological polar surface area (TPSA) is 61.8 Å². The van der Waals surface area contributed by atoms with Gasteiger partial charge in [-0.05, 0) is 12.1 Å². The SMILES string of the molecule is COC(=O)C[C@@]12C=CC(=O)C[C@@H]1Oc1c(OC)cccc12. The average Bonchev–Trinajstić information content (AvgIpc) is 2.80. The number of para-hydroxylation sites is 1. The number of methoxy groups -OCH3 is 2. The van der Waals surface area contributed by atoms with Crippen LogP contribution >= 0.6 is 0 Å². The number of ether oxygens (including phenoxy) is 3. The molecule has 110 valence electrons. The quantitative estimate of drug-likeness (QED) is 0.793. The van der Waals surface area contributed by atoms with Crippen LogP contribution in [0.25, 0.3) is 0 Å². The van der Waals surface area contributed by atoms with Gasteiger partial charge < -0.3 is 14.2 Å². The molecule has 2 atom stereocenters. The van der Waals surface area contributed by atoms with Crippen molar-refractivity contribution < 1.29 is 23.8 Å². The molecular weight excluding hydrogens is 272 g/mol. The molecule has 0 saturated heterocycles. The molecule has 0 spiro atoms. The number of allylic oxidation sites excluding steroid dienone is 1. The van der Waals surface area contributed by atoms with Crippen molar-refractivity contribution in [2.75, 3.05) is 14.2 Å². The third-order valence-electron chi connectivity index (χ3n) is 4.15. The molecule has 0 unspecified atom stereocenters. The summed E-state index contributed by atoms with van der Waals surface area (Å²) in [6.45, 7) is 0. The summed E-state index contributed by atoms with van der Waals surface area (Å²) in [6, 6.07) is 5.56. The molecule has 1 aromatic rings. The Morgan fingerprint density at radius 1 is 1.43 bits per heavy atom. The summed E-state index contributed by atoms with van der Waals surface area (Å²) >= 11 is 0. The zero-order valence-corrected chi connectivity index (χ0v) is 11.9. The standard InChI is InChI=1S/C16H16O5/c1-19-12-5-3-4-11-15(12)21-13-8-10(17)6-7-16(11,13)9-14(18)20-2/h3-7,13H,8-9H2,1-2H3/t13-,16+/m0/s1. The number of rotatable bonds is 3. The third-order valence-corrected chi connectivity index (χ3v) is 4.15. The second-order valence-electron chi connectivity index (χ2n) is 5.24. The van der Waals surface area contributed by atoms with Crippen LogP contribution < -0.4 is 9.47 Å². The van der Waals surface area contributed by atoms with Crippen LogP contribution in [0, 0.1) is 0 Å². The molecule has 5 heteroatoms. The van der Waals surface area contributed by atoms with Gasteiger partial charge >= 0.3 is 5.97 Å². The molecule has 0 aromatic heterocycles. The van der Waals surface area contributed by atoms with Crippen molar-refractivity contribution in [3.63, 3.8) is 0 Å². The van der Waals surface area contributed by atoms with E-state index in [1.54, 1.807) is 19.3 Å². The number of hydrogen-bond donors (Lipinski definition) is 0. The van der Waals surface area contributed by atoms with E-state index in [9.17, 15) is 9.59 Å². The molecule has 21 heavy (non-hydrogen) atoms. The summed E-state index contributed by atoms with van der Waals surface area (Å²) in [5.74, 6) is 0.866. The third kappa shape index (κ3) is 2.00. The van der Waals surface area contributed by atoms with Crippen LogP contribution in [-0.2, 0) is 19.7 Å².